The molecular weight excluding hydrogens is 284 g/mol. The Kier molecular flexibility index (Phi) is 4.74. The van der Waals surface area contributed by atoms with E-state index in [1.807, 2.05) is 11.8 Å². The van der Waals surface area contributed by atoms with Crippen LogP contribution in [0.25, 0.3) is 0 Å². The molecule has 1 aliphatic heterocycles. The van der Waals surface area contributed by atoms with Crippen molar-refractivity contribution in [3.63, 3.8) is 0 Å². The van der Waals surface area contributed by atoms with Crippen LogP contribution in [0.2, 0.25) is 0 Å². The molecule has 21 heavy (non-hydrogen) atoms. The van der Waals surface area contributed by atoms with Gasteiger partial charge in [0.25, 0.3) is 0 Å². The molecule has 1 atom stereocenters. The topological polar surface area (TPSA) is 59.0 Å². The molecule has 1 heterocycles. The molecule has 0 saturated carbocycles. The first-order valence-electron chi connectivity index (χ1n) is 6.61. The number of aliphatic carboxylic acids is 1. The van der Waals surface area contributed by atoms with E-state index in [0.717, 1.165) is 12.1 Å². The molecule has 1 unspecified atom stereocenters. The molecule has 1 aromatic rings. The molecule has 7 heteroatoms. The van der Waals surface area contributed by atoms with Gasteiger partial charge in [-0.3, -0.25) is 4.90 Å². The molecule has 1 fully saturated rings. The Morgan fingerprint density at radius 2 is 2.10 bits per heavy atom. The van der Waals surface area contributed by atoms with Crippen molar-refractivity contribution in [3.8, 4) is 5.75 Å². The second-order valence-corrected chi connectivity index (χ2v) is 4.77. The lowest BCUT2D eigenvalue weighted by atomic mass is 10.1. The van der Waals surface area contributed by atoms with Gasteiger partial charge < -0.3 is 14.6 Å². The summed E-state index contributed by atoms with van der Waals surface area (Å²) in [5.41, 5.74) is -0.596. The summed E-state index contributed by atoms with van der Waals surface area (Å²) in [6, 6.07) is 5.01. The van der Waals surface area contributed by atoms with Gasteiger partial charge in [0.1, 0.15) is 12.0 Å². The van der Waals surface area contributed by atoms with Gasteiger partial charge in [-0.2, -0.15) is 8.78 Å². The molecule has 0 bridgehead atoms. The first-order chi connectivity index (χ1) is 9.91. The van der Waals surface area contributed by atoms with Crippen LogP contribution < -0.4 is 4.74 Å². The fourth-order valence-electron chi connectivity index (χ4n) is 2.10. The third-order valence-corrected chi connectivity index (χ3v) is 3.33. The molecule has 0 spiro atoms. The van der Waals surface area contributed by atoms with Crippen molar-refractivity contribution in [3.05, 3.63) is 29.8 Å². The van der Waals surface area contributed by atoms with Crippen LogP contribution in [0.4, 0.5) is 8.78 Å². The summed E-state index contributed by atoms with van der Waals surface area (Å²) in [5.74, 6) is -5.89. The summed E-state index contributed by atoms with van der Waals surface area (Å²) < 4.78 is 37.8. The summed E-state index contributed by atoms with van der Waals surface area (Å²) in [6.45, 7) is 4.42. The minimum atomic E-state index is -3.93. The normalized spacial score (nSPS) is 18.2. The Balaban J connectivity index is 2.08. The van der Waals surface area contributed by atoms with Gasteiger partial charge in [0.05, 0.1) is 13.2 Å². The predicted octanol–water partition coefficient (Wildman–Crippen LogP) is 1.92. The zero-order valence-corrected chi connectivity index (χ0v) is 11.6. The number of benzene rings is 1. The second-order valence-electron chi connectivity index (χ2n) is 4.77. The molecule has 1 aromatic carbocycles. The van der Waals surface area contributed by atoms with E-state index in [9.17, 15) is 13.6 Å². The van der Waals surface area contributed by atoms with E-state index in [0.29, 0.717) is 26.3 Å². The molecule has 0 aliphatic carbocycles. The molecule has 1 aliphatic rings. The van der Waals surface area contributed by atoms with Crippen LogP contribution in [0.5, 0.6) is 5.75 Å². The van der Waals surface area contributed by atoms with E-state index in [1.54, 1.807) is 0 Å². The smallest absolute Gasteiger partial charge is 0.379 e. The van der Waals surface area contributed by atoms with Crippen molar-refractivity contribution in [2.75, 3.05) is 26.3 Å². The molecule has 1 saturated heterocycles. The molecule has 2 rings (SSSR count). The zero-order chi connectivity index (χ0) is 15.5. The predicted molar refractivity (Wildman–Crippen MR) is 70.5 cm³/mol. The van der Waals surface area contributed by atoms with Crippen molar-refractivity contribution in [2.45, 2.75) is 19.1 Å². The first-order valence-corrected chi connectivity index (χ1v) is 6.61. The number of rotatable bonds is 5. The van der Waals surface area contributed by atoms with Gasteiger partial charge in [-0.15, -0.1) is 0 Å². The zero-order valence-electron chi connectivity index (χ0n) is 11.6. The van der Waals surface area contributed by atoms with Crippen LogP contribution in [0.15, 0.2) is 24.3 Å². The number of carbonyl (C=O) groups is 1. The van der Waals surface area contributed by atoms with Crippen molar-refractivity contribution >= 4 is 5.97 Å². The summed E-state index contributed by atoms with van der Waals surface area (Å²) in [6.07, 6.45) is -0.303. The maximum absolute atomic E-state index is 13.5. The minimum Gasteiger partial charge on any atom is -0.477 e. The maximum Gasteiger partial charge on any atom is 0.379 e. The van der Waals surface area contributed by atoms with Crippen LogP contribution in [-0.4, -0.2) is 48.5 Å². The SMILES string of the molecule is CC(Oc1cccc(C(F)(F)C(=O)O)c1)N1CCOCC1. The van der Waals surface area contributed by atoms with E-state index in [1.165, 1.54) is 12.1 Å². The number of carboxylic acids is 1. The Hall–Kier alpha value is -1.73. The highest BCUT2D eigenvalue weighted by atomic mass is 19.3. The van der Waals surface area contributed by atoms with Crippen LogP contribution >= 0.6 is 0 Å². The largest absolute Gasteiger partial charge is 0.477 e. The van der Waals surface area contributed by atoms with Gasteiger partial charge >= 0.3 is 11.9 Å². The van der Waals surface area contributed by atoms with Gasteiger partial charge in [0, 0.05) is 18.7 Å². The molecule has 0 aromatic heterocycles. The van der Waals surface area contributed by atoms with Crippen molar-refractivity contribution < 1.29 is 28.2 Å². The van der Waals surface area contributed by atoms with Gasteiger partial charge in [-0.05, 0) is 19.1 Å². The molecule has 5 nitrogen and oxygen atoms in total. The average Bonchev–Trinajstić information content (AvgIpc) is 2.48. The molecule has 0 radical (unpaired) electrons. The average molecular weight is 301 g/mol. The van der Waals surface area contributed by atoms with Gasteiger partial charge in [-0.1, -0.05) is 12.1 Å². The lowest BCUT2D eigenvalue weighted by molar-refractivity contribution is -0.166. The summed E-state index contributed by atoms with van der Waals surface area (Å²) in [7, 11) is 0. The Labute approximate surface area is 121 Å². The highest BCUT2D eigenvalue weighted by Crippen LogP contribution is 2.30. The van der Waals surface area contributed by atoms with Crippen LogP contribution in [0.3, 0.4) is 0 Å². The van der Waals surface area contributed by atoms with E-state index in [4.69, 9.17) is 14.6 Å². The molecular formula is C14H17F2NO4. The number of ether oxygens (including phenoxy) is 2. The second kappa shape index (κ2) is 6.36. The first kappa shape index (κ1) is 15.7. The van der Waals surface area contributed by atoms with Gasteiger partial charge in [0.2, 0.25) is 0 Å². The standard InChI is InChI=1S/C14H17F2NO4/c1-10(17-5-7-20-8-6-17)21-12-4-2-3-11(9-12)14(15,16)13(18)19/h2-4,9-10H,5-8H2,1H3,(H,18,19). The number of morpholine rings is 1. The lowest BCUT2D eigenvalue weighted by Gasteiger charge is -2.32. The number of hydrogen-bond acceptors (Lipinski definition) is 4. The van der Waals surface area contributed by atoms with Crippen molar-refractivity contribution in [1.82, 2.24) is 4.90 Å². The van der Waals surface area contributed by atoms with Crippen molar-refractivity contribution in [1.29, 1.82) is 0 Å². The van der Waals surface area contributed by atoms with E-state index in [-0.39, 0.29) is 12.0 Å². The number of carboxylic acid groups (broad SMARTS) is 1. The Bertz CT molecular complexity index is 504. The number of alkyl halides is 2. The van der Waals surface area contributed by atoms with Gasteiger partial charge in [0.15, 0.2) is 0 Å². The number of halogens is 2. The number of hydrogen-bond donors (Lipinski definition) is 1. The minimum absolute atomic E-state index is 0.215. The van der Waals surface area contributed by atoms with Gasteiger partial charge in [-0.25, -0.2) is 4.79 Å². The summed E-state index contributed by atoms with van der Waals surface area (Å²) in [5, 5.41) is 8.56. The monoisotopic (exact) mass is 301 g/mol. The fraction of sp³-hybridized carbons (Fsp3) is 0.500. The van der Waals surface area contributed by atoms with Crippen LogP contribution in [0.1, 0.15) is 12.5 Å². The highest BCUT2D eigenvalue weighted by Gasteiger charge is 2.41. The Morgan fingerprint density at radius 1 is 1.43 bits per heavy atom. The highest BCUT2D eigenvalue weighted by molar-refractivity contribution is 5.77. The third-order valence-electron chi connectivity index (χ3n) is 3.33. The fourth-order valence-corrected chi connectivity index (χ4v) is 2.10. The third kappa shape index (κ3) is 3.68. The lowest BCUT2D eigenvalue weighted by Crippen LogP contribution is -2.44. The maximum atomic E-state index is 13.5. The van der Waals surface area contributed by atoms with Crippen molar-refractivity contribution in [2.24, 2.45) is 0 Å². The van der Waals surface area contributed by atoms with Crippen LogP contribution in [0, 0.1) is 0 Å². The van der Waals surface area contributed by atoms with E-state index < -0.39 is 17.5 Å². The summed E-state index contributed by atoms with van der Waals surface area (Å²) in [4.78, 5) is 12.6. The Morgan fingerprint density at radius 3 is 2.71 bits per heavy atom. The quantitative estimate of drug-likeness (QED) is 0.900. The molecule has 1 N–H and O–H groups in total. The molecule has 0 amide bonds. The van der Waals surface area contributed by atoms with E-state index in [2.05, 4.69) is 0 Å². The summed E-state index contributed by atoms with van der Waals surface area (Å²) >= 11 is 0. The van der Waals surface area contributed by atoms with E-state index >= 15 is 0 Å². The van der Waals surface area contributed by atoms with Crippen LogP contribution in [-0.2, 0) is 15.5 Å². The number of nitrogens with zero attached hydrogens (tertiary/aromatic N) is 1. The molecule has 116 valence electrons.